The molecule has 0 saturated carbocycles. The molecule has 0 bridgehead atoms. The van der Waals surface area contributed by atoms with Crippen molar-refractivity contribution in [3.63, 3.8) is 0 Å². The molecule has 0 aliphatic rings. The summed E-state index contributed by atoms with van der Waals surface area (Å²) in [7, 11) is 0. The summed E-state index contributed by atoms with van der Waals surface area (Å²) in [5.74, 6) is -2.41. The Morgan fingerprint density at radius 3 is 2.30 bits per heavy atom. The van der Waals surface area contributed by atoms with Gasteiger partial charge in [-0.05, 0) is 31.2 Å². The van der Waals surface area contributed by atoms with Crippen LogP contribution in [0.1, 0.15) is 33.3 Å². The summed E-state index contributed by atoms with van der Waals surface area (Å²) in [6.07, 6.45) is -4.24. The molecule has 11 heteroatoms. The first-order valence-electron chi connectivity index (χ1n) is 8.42. The molecule has 0 unspecified atom stereocenters. The molecule has 2 heterocycles. The summed E-state index contributed by atoms with van der Waals surface area (Å²) >= 11 is 0. The lowest BCUT2D eigenvalue weighted by Crippen LogP contribution is -2.26. The van der Waals surface area contributed by atoms with Gasteiger partial charge in [-0.2, -0.15) is 18.3 Å². The normalized spacial score (nSPS) is 12.4. The zero-order valence-electron chi connectivity index (χ0n) is 15.4. The molecule has 1 amide bonds. The number of carbonyl (C=O) groups excluding carboxylic acids is 2. The Morgan fingerprint density at radius 2 is 1.77 bits per heavy atom. The van der Waals surface area contributed by atoms with Crippen LogP contribution in [0.25, 0.3) is 5.82 Å². The first kappa shape index (κ1) is 21.0. The van der Waals surface area contributed by atoms with E-state index in [1.807, 2.05) is 0 Å². The molecule has 7 nitrogen and oxygen atoms in total. The topological polar surface area (TPSA) is 100 Å². The summed E-state index contributed by atoms with van der Waals surface area (Å²) in [4.78, 5) is 27.9. The van der Waals surface area contributed by atoms with Gasteiger partial charge in [-0.25, -0.2) is 18.9 Å². The number of nitrogens with zero attached hydrogens (tertiary/aromatic N) is 3. The molecule has 0 spiro atoms. The van der Waals surface area contributed by atoms with Crippen LogP contribution in [0.2, 0.25) is 0 Å². The number of rotatable bonds is 5. The van der Waals surface area contributed by atoms with Crippen molar-refractivity contribution < 1.29 is 31.9 Å². The first-order chi connectivity index (χ1) is 14.1. The van der Waals surface area contributed by atoms with Crippen molar-refractivity contribution >= 4 is 11.9 Å². The van der Waals surface area contributed by atoms with Crippen LogP contribution in [0.5, 0.6) is 0 Å². The van der Waals surface area contributed by atoms with E-state index in [1.165, 1.54) is 19.1 Å². The van der Waals surface area contributed by atoms with E-state index in [4.69, 9.17) is 10.5 Å². The number of ether oxygens (including phenoxy) is 1. The molecule has 0 radical (unpaired) electrons. The predicted octanol–water partition coefficient (Wildman–Crippen LogP) is 3.12. The van der Waals surface area contributed by atoms with E-state index < -0.39 is 35.5 Å². The van der Waals surface area contributed by atoms with Crippen LogP contribution in [0, 0.1) is 12.7 Å². The maximum atomic E-state index is 13.1. The van der Waals surface area contributed by atoms with Crippen molar-refractivity contribution in [1.29, 1.82) is 0 Å². The molecule has 2 N–H and O–H groups in total. The molecular weight excluding hydrogens is 408 g/mol. The Bertz CT molecular complexity index is 1080. The molecule has 156 valence electrons. The van der Waals surface area contributed by atoms with E-state index in [0.717, 1.165) is 35.1 Å². The second-order valence-corrected chi connectivity index (χ2v) is 6.20. The van der Waals surface area contributed by atoms with E-state index >= 15 is 0 Å². The smallest absolute Gasteiger partial charge is 0.417 e. The van der Waals surface area contributed by atoms with E-state index in [-0.39, 0.29) is 22.6 Å². The molecule has 2 aromatic heterocycles. The van der Waals surface area contributed by atoms with Crippen LogP contribution in [0.3, 0.4) is 0 Å². The minimum absolute atomic E-state index is 0.0459. The number of primary amides is 1. The van der Waals surface area contributed by atoms with E-state index in [9.17, 15) is 27.2 Å². The zero-order chi connectivity index (χ0) is 22.1. The maximum Gasteiger partial charge on any atom is 0.417 e. The van der Waals surface area contributed by atoms with E-state index in [2.05, 4.69) is 10.1 Å². The van der Waals surface area contributed by atoms with Crippen molar-refractivity contribution in [1.82, 2.24) is 14.8 Å². The second kappa shape index (κ2) is 7.93. The number of hydrogen-bond acceptors (Lipinski definition) is 5. The van der Waals surface area contributed by atoms with Gasteiger partial charge in [0.1, 0.15) is 11.4 Å². The van der Waals surface area contributed by atoms with E-state index in [1.54, 1.807) is 0 Å². The Labute approximate surface area is 167 Å². The molecule has 0 aliphatic heterocycles. The first-order valence-corrected chi connectivity index (χ1v) is 8.42. The number of aromatic nitrogens is 3. The van der Waals surface area contributed by atoms with Crippen LogP contribution in [0.4, 0.5) is 17.6 Å². The predicted molar refractivity (Wildman–Crippen MR) is 94.8 cm³/mol. The molecular formula is C19H14F4N4O3. The largest absolute Gasteiger partial charge is 0.444 e. The van der Waals surface area contributed by atoms with Gasteiger partial charge in [-0.3, -0.25) is 4.79 Å². The van der Waals surface area contributed by atoms with Crippen LogP contribution in [-0.2, 0) is 15.7 Å². The van der Waals surface area contributed by atoms with Crippen LogP contribution < -0.4 is 5.73 Å². The van der Waals surface area contributed by atoms with Gasteiger partial charge in [0.25, 0.3) is 5.91 Å². The standard InChI is InChI=1S/C19H14F4N4O3/c1-10-14(9-26-27(10)15-7-4-12(8-25-15)19(21,22)23)18(29)30-16(17(24)28)11-2-5-13(20)6-3-11/h2-9,16H,1H3,(H2,24,28)/t16-/m0/s1. The van der Waals surface area contributed by atoms with Crippen molar-refractivity contribution in [3.05, 3.63) is 77.0 Å². The highest BCUT2D eigenvalue weighted by Gasteiger charge is 2.31. The summed E-state index contributed by atoms with van der Waals surface area (Å²) < 4.78 is 57.4. The summed E-state index contributed by atoms with van der Waals surface area (Å²) in [6.45, 7) is 1.47. The van der Waals surface area contributed by atoms with Gasteiger partial charge in [-0.1, -0.05) is 12.1 Å². The van der Waals surface area contributed by atoms with Crippen molar-refractivity contribution in [3.8, 4) is 5.82 Å². The zero-order valence-corrected chi connectivity index (χ0v) is 15.4. The number of benzene rings is 1. The number of alkyl halides is 3. The van der Waals surface area contributed by atoms with Gasteiger partial charge in [0, 0.05) is 11.8 Å². The van der Waals surface area contributed by atoms with Crippen LogP contribution >= 0.6 is 0 Å². The average molecular weight is 422 g/mol. The van der Waals surface area contributed by atoms with E-state index in [0.29, 0.717) is 6.20 Å². The number of nitrogens with two attached hydrogens (primary N) is 1. The van der Waals surface area contributed by atoms with Gasteiger partial charge in [0.15, 0.2) is 5.82 Å². The lowest BCUT2D eigenvalue weighted by Gasteiger charge is -2.15. The highest BCUT2D eigenvalue weighted by atomic mass is 19.4. The highest BCUT2D eigenvalue weighted by molar-refractivity contribution is 5.93. The van der Waals surface area contributed by atoms with Crippen molar-refractivity contribution in [2.45, 2.75) is 19.2 Å². The minimum atomic E-state index is -4.54. The van der Waals surface area contributed by atoms with Crippen LogP contribution in [0.15, 0.2) is 48.8 Å². The summed E-state index contributed by atoms with van der Waals surface area (Å²) in [5, 5.41) is 3.94. The monoisotopic (exact) mass is 422 g/mol. The SMILES string of the molecule is Cc1c(C(=O)O[C@H](C(N)=O)c2ccc(F)cc2)cnn1-c1ccc(C(F)(F)F)cn1. The molecule has 1 aromatic carbocycles. The van der Waals surface area contributed by atoms with Gasteiger partial charge in [-0.15, -0.1) is 0 Å². The molecule has 3 aromatic rings. The number of esters is 1. The number of halogens is 4. The molecule has 3 rings (SSSR count). The maximum absolute atomic E-state index is 13.1. The second-order valence-electron chi connectivity index (χ2n) is 6.20. The number of amides is 1. The van der Waals surface area contributed by atoms with Gasteiger partial charge >= 0.3 is 12.1 Å². The fraction of sp³-hybridized carbons (Fsp3) is 0.158. The Morgan fingerprint density at radius 1 is 1.10 bits per heavy atom. The van der Waals surface area contributed by atoms with Crippen LogP contribution in [-0.4, -0.2) is 26.6 Å². The third kappa shape index (κ3) is 4.29. The minimum Gasteiger partial charge on any atom is -0.444 e. The molecule has 0 fully saturated rings. The fourth-order valence-electron chi connectivity index (χ4n) is 2.62. The average Bonchev–Trinajstić information content (AvgIpc) is 3.07. The number of pyridine rings is 1. The summed E-state index contributed by atoms with van der Waals surface area (Å²) in [5.41, 5.74) is 4.69. The molecule has 0 aliphatic carbocycles. The lowest BCUT2D eigenvalue weighted by atomic mass is 10.1. The summed E-state index contributed by atoms with van der Waals surface area (Å²) in [6, 6.07) is 6.60. The quantitative estimate of drug-likeness (QED) is 0.503. The number of carbonyl (C=O) groups is 2. The van der Waals surface area contributed by atoms with Gasteiger partial charge < -0.3 is 10.5 Å². The van der Waals surface area contributed by atoms with Crippen molar-refractivity contribution in [2.24, 2.45) is 5.73 Å². The molecule has 1 atom stereocenters. The highest BCUT2D eigenvalue weighted by Crippen LogP contribution is 2.29. The third-order valence-corrected chi connectivity index (χ3v) is 4.18. The Hall–Kier alpha value is -3.76. The van der Waals surface area contributed by atoms with Gasteiger partial charge in [0.2, 0.25) is 6.10 Å². The third-order valence-electron chi connectivity index (χ3n) is 4.18. The Kier molecular flexibility index (Phi) is 5.54. The molecule has 0 saturated heterocycles. The Balaban J connectivity index is 1.84. The number of hydrogen-bond donors (Lipinski definition) is 1. The van der Waals surface area contributed by atoms with Gasteiger partial charge in [0.05, 0.1) is 17.5 Å². The lowest BCUT2D eigenvalue weighted by molar-refractivity contribution is -0.137. The van der Waals surface area contributed by atoms with Crippen molar-refractivity contribution in [2.75, 3.05) is 0 Å². The fourth-order valence-corrected chi connectivity index (χ4v) is 2.62. The molecule has 30 heavy (non-hydrogen) atoms.